The minimum absolute atomic E-state index is 0.0570. The van der Waals surface area contributed by atoms with Gasteiger partial charge in [-0.25, -0.2) is 4.98 Å². The number of benzene rings is 7. The molecule has 0 saturated carbocycles. The summed E-state index contributed by atoms with van der Waals surface area (Å²) in [6, 6.07) is 46.2. The van der Waals surface area contributed by atoms with Crippen molar-refractivity contribution < 1.29 is 16.2 Å². The molecule has 5 heterocycles. The minimum atomic E-state index is -0.506. The first-order valence-corrected chi connectivity index (χ1v) is 22.3. The highest BCUT2D eigenvalue weighted by atomic mass is 16.5. The van der Waals surface area contributed by atoms with E-state index in [1.807, 2.05) is 30.5 Å². The van der Waals surface area contributed by atoms with Gasteiger partial charge in [0, 0.05) is 28.5 Å². The summed E-state index contributed by atoms with van der Waals surface area (Å²) in [4.78, 5) is 4.90. The molecule has 2 aliphatic heterocycles. The number of ether oxygens (including phenoxy) is 1. The minimum Gasteiger partial charge on any atom is -0.458 e. The zero-order chi connectivity index (χ0) is 48.8. The summed E-state index contributed by atoms with van der Waals surface area (Å²) in [5.74, 6) is 2.18. The van der Waals surface area contributed by atoms with Crippen LogP contribution in [0.15, 0.2) is 176 Å². The normalized spacial score (nSPS) is 15.4. The van der Waals surface area contributed by atoms with Gasteiger partial charge in [-0.3, -0.25) is 13.7 Å². The fourth-order valence-electron chi connectivity index (χ4n) is 10.4. The van der Waals surface area contributed by atoms with Crippen LogP contribution in [0.2, 0.25) is 0 Å². The Bertz CT molecular complexity index is 3840. The summed E-state index contributed by atoms with van der Waals surface area (Å²) in [6.45, 7) is 15.8. The van der Waals surface area contributed by atoms with E-state index < -0.39 is 16.9 Å². The van der Waals surface area contributed by atoms with Crippen LogP contribution in [0, 0.1) is 6.33 Å². The molecule has 0 N–H and O–H groups in total. The number of hydrogen-bond acceptors (Lipinski definition) is 2. The van der Waals surface area contributed by atoms with Crippen molar-refractivity contribution in [3.05, 3.63) is 199 Å². The molecular weight excluding hydrogens is 793 g/mol. The molecule has 0 bridgehead atoms. The second-order valence-corrected chi connectivity index (χ2v) is 19.5. The zero-order valence-electron chi connectivity index (χ0n) is 42.6. The van der Waals surface area contributed by atoms with E-state index in [1.54, 1.807) is 0 Å². The average Bonchev–Trinajstić information content (AvgIpc) is 3.91. The van der Waals surface area contributed by atoms with Crippen LogP contribution in [0.1, 0.15) is 72.1 Å². The van der Waals surface area contributed by atoms with Crippen molar-refractivity contribution in [3.8, 4) is 73.3 Å². The van der Waals surface area contributed by atoms with Gasteiger partial charge in [0.1, 0.15) is 17.3 Å². The Morgan fingerprint density at radius 1 is 0.615 bits per heavy atom. The Morgan fingerprint density at radius 3 is 2.02 bits per heavy atom. The first-order chi connectivity index (χ1) is 33.5. The predicted molar refractivity (Wildman–Crippen MR) is 265 cm³/mol. The highest BCUT2D eigenvalue weighted by Crippen LogP contribution is 2.55. The van der Waals surface area contributed by atoms with Crippen LogP contribution in [-0.4, -0.2) is 14.1 Å². The lowest BCUT2D eigenvalue weighted by atomic mass is 9.59. The van der Waals surface area contributed by atoms with Gasteiger partial charge < -0.3 is 4.74 Å². The third kappa shape index (κ3) is 5.77. The number of aromatic nitrogens is 4. The Morgan fingerprint density at radius 2 is 1.25 bits per heavy atom. The van der Waals surface area contributed by atoms with Crippen molar-refractivity contribution in [1.82, 2.24) is 14.1 Å². The van der Waals surface area contributed by atoms with Gasteiger partial charge in [0.05, 0.1) is 40.6 Å². The SMILES string of the molecule is [2H]c1c([2H])c([2H])c(-c2cccc3c2-[n+]2[c-]n4c(c2-c2ccccc2-c2ccccc2-3)C(C)(C)C(C)(C)c2ccc(Oc3ccc5c6ccccc6n(-c6cc(C(C)(C)C)ccn6)c5c3)cc2-4)c([2H])c1[2H]. The summed E-state index contributed by atoms with van der Waals surface area (Å²) in [5.41, 5.74) is 12.4. The van der Waals surface area contributed by atoms with Crippen LogP contribution in [0.3, 0.4) is 0 Å². The quantitative estimate of drug-likeness (QED) is 0.131. The Hall–Kier alpha value is -7.50. The van der Waals surface area contributed by atoms with Gasteiger partial charge in [0.25, 0.3) is 6.33 Å². The third-order valence-electron chi connectivity index (χ3n) is 14.3. The molecule has 5 nitrogen and oxygen atoms in total. The van der Waals surface area contributed by atoms with Gasteiger partial charge in [-0.2, -0.15) is 0 Å². The summed E-state index contributed by atoms with van der Waals surface area (Å²) in [7, 11) is 0. The van der Waals surface area contributed by atoms with E-state index in [-0.39, 0.29) is 35.1 Å². The van der Waals surface area contributed by atoms with Crippen LogP contribution in [0.4, 0.5) is 0 Å². The maximum atomic E-state index is 9.24. The lowest BCUT2D eigenvalue weighted by Gasteiger charge is -2.48. The number of rotatable bonds is 4. The standard InChI is InChI=1S/C60H50N4O/c1-58(2,3)39-32-33-61-54(34-39)64-51-27-16-15-23-46(51)47-30-28-40(35-52(47)64)65-41-29-31-50-53(36-41)62-37-63-55-42(38-18-9-8-10-19-38)25-17-26-48(55)44-21-12-11-20-43(44)45-22-13-14-24-49(45)56(63)57(62)60(6,7)59(50,4)5/h8-36H,1-7H3/i8D,9D,10D,18D,19D. The molecule has 0 radical (unpaired) electrons. The predicted octanol–water partition coefficient (Wildman–Crippen LogP) is 14.7. The second kappa shape index (κ2) is 14.0. The van der Waals surface area contributed by atoms with E-state index in [0.29, 0.717) is 22.7 Å². The van der Waals surface area contributed by atoms with Crippen molar-refractivity contribution in [2.75, 3.05) is 0 Å². The molecule has 0 amide bonds. The molecule has 0 atom stereocenters. The van der Waals surface area contributed by atoms with E-state index in [2.05, 4.69) is 184 Å². The van der Waals surface area contributed by atoms with Gasteiger partial charge in [0.2, 0.25) is 0 Å². The highest BCUT2D eigenvalue weighted by Gasteiger charge is 2.49. The topological polar surface area (TPSA) is 35.9 Å². The van der Waals surface area contributed by atoms with Crippen molar-refractivity contribution in [1.29, 1.82) is 0 Å². The molecule has 0 fully saturated rings. The molecule has 12 rings (SSSR count). The Balaban J connectivity index is 1.10. The number of pyridine rings is 1. The van der Waals surface area contributed by atoms with E-state index in [9.17, 15) is 2.74 Å². The molecule has 0 saturated heterocycles. The largest absolute Gasteiger partial charge is 0.458 e. The van der Waals surface area contributed by atoms with Crippen LogP contribution in [0.25, 0.3) is 83.6 Å². The van der Waals surface area contributed by atoms with Crippen LogP contribution >= 0.6 is 0 Å². The molecule has 65 heavy (non-hydrogen) atoms. The number of nitrogens with zero attached hydrogens (tertiary/aromatic N) is 4. The molecule has 5 heteroatoms. The average molecular weight is 848 g/mol. The lowest BCUT2D eigenvalue weighted by Crippen LogP contribution is -2.46. The molecule has 0 spiro atoms. The van der Waals surface area contributed by atoms with Crippen molar-refractivity contribution in [3.63, 3.8) is 0 Å². The van der Waals surface area contributed by atoms with E-state index >= 15 is 0 Å². The molecule has 0 unspecified atom stereocenters. The maximum absolute atomic E-state index is 9.24. The highest BCUT2D eigenvalue weighted by molar-refractivity contribution is 6.09. The van der Waals surface area contributed by atoms with E-state index in [1.165, 1.54) is 5.56 Å². The molecule has 2 aliphatic rings. The van der Waals surface area contributed by atoms with Crippen molar-refractivity contribution >= 4 is 21.8 Å². The first kappa shape index (κ1) is 34.0. The molecule has 7 aromatic carbocycles. The van der Waals surface area contributed by atoms with Gasteiger partial charge in [-0.15, -0.1) is 0 Å². The Labute approximate surface area is 387 Å². The van der Waals surface area contributed by atoms with Gasteiger partial charge in [0.15, 0.2) is 0 Å². The lowest BCUT2D eigenvalue weighted by molar-refractivity contribution is -0.586. The molecule has 10 aromatic rings. The summed E-state index contributed by atoms with van der Waals surface area (Å²) in [5, 5.41) is 2.24. The third-order valence-corrected chi connectivity index (χ3v) is 14.3. The summed E-state index contributed by atoms with van der Waals surface area (Å²) < 4.78 is 57.9. The first-order valence-electron chi connectivity index (χ1n) is 24.8. The molecule has 0 aliphatic carbocycles. The molecule has 3 aromatic heterocycles. The van der Waals surface area contributed by atoms with Gasteiger partial charge >= 0.3 is 0 Å². The van der Waals surface area contributed by atoms with Crippen molar-refractivity contribution in [2.45, 2.75) is 64.7 Å². The van der Waals surface area contributed by atoms with Crippen molar-refractivity contribution in [2.24, 2.45) is 0 Å². The van der Waals surface area contributed by atoms with Crippen LogP contribution in [0.5, 0.6) is 11.5 Å². The number of hydrogen-bond donors (Lipinski definition) is 0. The fourth-order valence-corrected chi connectivity index (χ4v) is 10.4. The fraction of sp³-hybridized carbons (Fsp3) is 0.167. The van der Waals surface area contributed by atoms with Crippen LogP contribution in [-0.2, 0) is 16.2 Å². The number of imidazole rings is 1. The molecular formula is C60H50N4O. The molecule has 316 valence electrons. The monoisotopic (exact) mass is 847 g/mol. The van der Waals surface area contributed by atoms with Gasteiger partial charge in [-0.05, 0) is 103 Å². The maximum Gasteiger partial charge on any atom is 0.269 e. The summed E-state index contributed by atoms with van der Waals surface area (Å²) >= 11 is 0. The second-order valence-electron chi connectivity index (χ2n) is 19.5. The Kier molecular flexibility index (Phi) is 7.32. The van der Waals surface area contributed by atoms with E-state index in [0.717, 1.165) is 78.1 Å². The van der Waals surface area contributed by atoms with E-state index in [4.69, 9.17) is 13.8 Å². The van der Waals surface area contributed by atoms with Gasteiger partial charge in [-0.1, -0.05) is 170 Å². The zero-order valence-corrected chi connectivity index (χ0v) is 37.6. The van der Waals surface area contributed by atoms with Crippen LogP contribution < -0.4 is 9.30 Å². The number of para-hydroxylation sites is 2. The number of fused-ring (bicyclic) bond motifs is 15. The summed E-state index contributed by atoms with van der Waals surface area (Å²) in [6.07, 6.45) is 5.77. The smallest absolute Gasteiger partial charge is 0.269 e.